The van der Waals surface area contributed by atoms with Gasteiger partial charge in [-0.2, -0.15) is 0 Å². The van der Waals surface area contributed by atoms with E-state index in [0.717, 1.165) is 28.3 Å². The smallest absolute Gasteiger partial charge is 0.277 e. The number of pyridine rings is 1. The fourth-order valence-electron chi connectivity index (χ4n) is 5.12. The molecule has 0 aliphatic carbocycles. The van der Waals surface area contributed by atoms with E-state index >= 15 is 0 Å². The summed E-state index contributed by atoms with van der Waals surface area (Å²) in [5, 5.41) is 65.0. The molecule has 3 aliphatic heterocycles. The van der Waals surface area contributed by atoms with Crippen LogP contribution < -0.4 is 26.6 Å². The van der Waals surface area contributed by atoms with E-state index in [0.29, 0.717) is 65.9 Å². The summed E-state index contributed by atoms with van der Waals surface area (Å²) in [6, 6.07) is 3.52. The molecular formula is C30H42Cl3N19O10S2. The van der Waals surface area contributed by atoms with Crippen LogP contribution in [-0.2, 0) is 29.1 Å². The number of rotatable bonds is 12. The van der Waals surface area contributed by atoms with Crippen LogP contribution in [0.3, 0.4) is 0 Å². The highest BCUT2D eigenvalue weighted by molar-refractivity contribution is 7.16. The maximum Gasteiger partial charge on any atom is 0.277 e. The van der Waals surface area contributed by atoms with Gasteiger partial charge in [-0.25, -0.2) is 55.4 Å². The summed E-state index contributed by atoms with van der Waals surface area (Å²) in [6.45, 7) is 5.29. The third-order valence-corrected chi connectivity index (χ3v) is 10.3. The van der Waals surface area contributed by atoms with Crippen LogP contribution in [0.4, 0.5) is 0 Å². The number of nitrogens with one attached hydrogen (secondary N) is 5. The number of nitrogens with zero attached hydrogens (tertiary/aromatic N) is 14. The molecule has 3 fully saturated rings. The fraction of sp³-hybridized carbons (Fsp3) is 0.500. The van der Waals surface area contributed by atoms with Crippen LogP contribution in [0.1, 0.15) is 21.7 Å². The Hall–Kier alpha value is -6.12. The maximum absolute atomic E-state index is 10.5. The van der Waals surface area contributed by atoms with Gasteiger partial charge in [0, 0.05) is 88.2 Å². The standard InChI is InChI=1S/C9H10ClN5O2.C8H10ClN5O3S.C7H14N4O3.C6H8ClN5O2S/c10-8-2-1-7(5-12-8)6-14-4-3-11-9(14)13-15(16)17;1-12-4-17-5-13(8(12)11-14(15)16)3-6-2-10-7(9)18-6;1-8-7(10-11(12)13)9-4-6-2-3-14-5-6;1-8-6(11-12(13)14)10-3-4-2-9-5(7)15-4/h1-2,5H,3-4,6H2,(H,11,13);2H,3-5H2,1H3;6H,2-5H2,1H3,(H2,8,9,10);2H,3H2,1H3,(H2,8,10,11)/b;11-8+;;. The van der Waals surface area contributed by atoms with Gasteiger partial charge in [-0.3, -0.25) is 0 Å². The first-order valence-corrected chi connectivity index (χ1v) is 21.0. The fourth-order valence-corrected chi connectivity index (χ4v) is 7.14. The van der Waals surface area contributed by atoms with Gasteiger partial charge in [0.15, 0.2) is 29.1 Å². The summed E-state index contributed by atoms with van der Waals surface area (Å²) < 4.78 is 11.3. The monoisotopic (exact) mass is 997 g/mol. The summed E-state index contributed by atoms with van der Waals surface area (Å²) in [7, 11) is 4.80. The van der Waals surface area contributed by atoms with Crippen LogP contribution in [0.5, 0.6) is 0 Å². The van der Waals surface area contributed by atoms with Crippen molar-refractivity contribution in [2.75, 3.05) is 67.5 Å². The molecule has 3 aromatic rings. The first-order chi connectivity index (χ1) is 30.5. The molecular weight excluding hydrogens is 957 g/mol. The second-order valence-electron chi connectivity index (χ2n) is 12.5. The topological polar surface area (TPSA) is 349 Å². The predicted molar refractivity (Wildman–Crippen MR) is 236 cm³/mol. The van der Waals surface area contributed by atoms with E-state index in [1.807, 2.05) is 6.07 Å². The van der Waals surface area contributed by atoms with Gasteiger partial charge in [0.25, 0.3) is 23.8 Å². The number of hydrogen-bond acceptors (Lipinski definition) is 15. The molecule has 1 atom stereocenters. The van der Waals surface area contributed by atoms with Crippen molar-refractivity contribution in [2.45, 2.75) is 26.1 Å². The summed E-state index contributed by atoms with van der Waals surface area (Å²) in [6.07, 6.45) is 5.86. The summed E-state index contributed by atoms with van der Waals surface area (Å²) in [5.74, 6) is 1.23. The highest BCUT2D eigenvalue weighted by atomic mass is 35.5. The van der Waals surface area contributed by atoms with Crippen molar-refractivity contribution < 1.29 is 29.6 Å². The lowest BCUT2D eigenvalue weighted by Gasteiger charge is -2.34. The minimum atomic E-state index is -0.779. The zero-order chi connectivity index (χ0) is 47.0. The van der Waals surface area contributed by atoms with Crippen LogP contribution in [0.15, 0.2) is 51.1 Å². The Bertz CT molecular complexity index is 2110. The molecule has 0 spiro atoms. The molecule has 0 aromatic carbocycles. The Labute approximate surface area is 386 Å². The zero-order valence-electron chi connectivity index (χ0n) is 34.0. The second-order valence-corrected chi connectivity index (χ2v) is 16.3. The van der Waals surface area contributed by atoms with E-state index in [1.165, 1.54) is 29.7 Å². The number of ether oxygens (including phenoxy) is 2. The van der Waals surface area contributed by atoms with Crippen LogP contribution in [0.2, 0.25) is 14.1 Å². The Morgan fingerprint density at radius 1 is 0.828 bits per heavy atom. The molecule has 0 radical (unpaired) electrons. The van der Waals surface area contributed by atoms with Crippen LogP contribution in [-0.4, -0.2) is 141 Å². The van der Waals surface area contributed by atoms with Gasteiger partial charge in [0.1, 0.15) is 39.0 Å². The molecule has 29 nitrogen and oxygen atoms in total. The van der Waals surface area contributed by atoms with E-state index in [4.69, 9.17) is 44.3 Å². The Morgan fingerprint density at radius 3 is 2.00 bits per heavy atom. The van der Waals surface area contributed by atoms with Gasteiger partial charge in [-0.15, -0.1) is 22.7 Å². The molecule has 6 rings (SSSR count). The average Bonchev–Trinajstić information content (AvgIpc) is 4.08. The first kappa shape index (κ1) is 52.2. The molecule has 0 amide bonds. The molecule has 350 valence electrons. The predicted octanol–water partition coefficient (Wildman–Crippen LogP) is 1.74. The average molecular weight is 999 g/mol. The quantitative estimate of drug-likeness (QED) is 0.0567. The maximum atomic E-state index is 10.5. The van der Waals surface area contributed by atoms with Crippen molar-refractivity contribution in [1.29, 1.82) is 0 Å². The van der Waals surface area contributed by atoms with Crippen molar-refractivity contribution in [3.63, 3.8) is 0 Å². The SMILES string of the molecule is CN/C(=N/[N+](=O)[O-])NCC1CCOC1.CN/C(=N\[N+](=O)[O-])NCc1cnc(Cl)s1.CN1COCN(Cc2cnc(Cl)s2)/C1=N/[N+](=O)[O-].O=[N+]([O-])/N=C1\NCCN1Cc1ccc(Cl)nc1. The molecule has 6 heterocycles. The van der Waals surface area contributed by atoms with Crippen LogP contribution in [0.25, 0.3) is 0 Å². The number of guanidine groups is 4. The summed E-state index contributed by atoms with van der Waals surface area (Å²) >= 11 is 19.6. The Balaban J connectivity index is 0.000000228. The molecule has 0 saturated carbocycles. The largest absolute Gasteiger partial charge is 0.381 e. The van der Waals surface area contributed by atoms with Gasteiger partial charge in [0.2, 0.25) is 0 Å². The number of thiazole rings is 2. The van der Waals surface area contributed by atoms with E-state index in [9.17, 15) is 40.5 Å². The zero-order valence-corrected chi connectivity index (χ0v) is 37.9. The molecule has 3 aromatic heterocycles. The summed E-state index contributed by atoms with van der Waals surface area (Å²) in [5.41, 5.74) is 0.925. The number of aromatic nitrogens is 3. The van der Waals surface area contributed by atoms with Crippen LogP contribution in [0, 0.1) is 46.4 Å². The lowest BCUT2D eigenvalue weighted by Crippen LogP contribution is -2.49. The minimum absolute atomic E-state index is 0.0875. The Morgan fingerprint density at radius 2 is 1.47 bits per heavy atom. The van der Waals surface area contributed by atoms with Gasteiger partial charge >= 0.3 is 0 Å². The lowest BCUT2D eigenvalue weighted by molar-refractivity contribution is -0.486. The minimum Gasteiger partial charge on any atom is -0.381 e. The van der Waals surface area contributed by atoms with Crippen molar-refractivity contribution >= 4 is 81.3 Å². The van der Waals surface area contributed by atoms with Crippen molar-refractivity contribution in [2.24, 2.45) is 26.3 Å². The van der Waals surface area contributed by atoms with E-state index < -0.39 is 20.1 Å². The lowest BCUT2D eigenvalue weighted by atomic mass is 10.1. The molecule has 0 bridgehead atoms. The molecule has 3 saturated heterocycles. The van der Waals surface area contributed by atoms with Gasteiger partial charge in [0.05, 0.1) is 19.7 Å². The van der Waals surface area contributed by atoms with Gasteiger partial charge in [-0.1, -0.05) is 40.9 Å². The molecule has 64 heavy (non-hydrogen) atoms. The van der Waals surface area contributed by atoms with E-state index in [2.05, 4.69) is 61.9 Å². The van der Waals surface area contributed by atoms with Crippen LogP contribution >= 0.6 is 57.5 Å². The molecule has 1 unspecified atom stereocenters. The normalized spacial score (nSPS) is 17.2. The van der Waals surface area contributed by atoms with Crippen molar-refractivity contribution in [3.8, 4) is 0 Å². The number of hydrazone groups is 4. The van der Waals surface area contributed by atoms with Gasteiger partial charge < -0.3 is 50.8 Å². The Kier molecular flexibility index (Phi) is 22.7. The number of halogens is 3. The van der Waals surface area contributed by atoms with Crippen molar-refractivity contribution in [1.82, 2.24) is 56.2 Å². The molecule has 34 heteroatoms. The summed E-state index contributed by atoms with van der Waals surface area (Å²) in [4.78, 5) is 59.4. The number of hydrogen-bond donors (Lipinski definition) is 5. The molecule has 5 N–H and O–H groups in total. The van der Waals surface area contributed by atoms with E-state index in [-0.39, 0.29) is 37.3 Å². The third-order valence-electron chi connectivity index (χ3n) is 7.88. The van der Waals surface area contributed by atoms with Gasteiger partial charge in [-0.05, 0) is 18.1 Å². The van der Waals surface area contributed by atoms with E-state index in [1.54, 1.807) is 53.5 Å². The highest BCUT2D eigenvalue weighted by Gasteiger charge is 2.26. The first-order valence-electron chi connectivity index (χ1n) is 18.2. The third kappa shape index (κ3) is 20.4. The second kappa shape index (κ2) is 27.8. The van der Waals surface area contributed by atoms with Crippen molar-refractivity contribution in [3.05, 3.63) is 101 Å². The molecule has 3 aliphatic rings. The highest BCUT2D eigenvalue weighted by Crippen LogP contribution is 2.21. The number of nitro groups is 4.